The molecule has 0 bridgehead atoms. The molecule has 0 N–H and O–H groups in total. The Morgan fingerprint density at radius 1 is 1.25 bits per heavy atom. The molecule has 106 valence electrons. The summed E-state index contributed by atoms with van der Waals surface area (Å²) >= 11 is 1.72. The van der Waals surface area contributed by atoms with E-state index in [0.717, 1.165) is 29.9 Å². The Kier molecular flexibility index (Phi) is 4.38. The first-order chi connectivity index (χ1) is 9.88. The lowest BCUT2D eigenvalue weighted by molar-refractivity contribution is 0.218. The summed E-state index contributed by atoms with van der Waals surface area (Å²) in [6, 6.07) is 10.5. The molecule has 0 amide bonds. The fourth-order valence-electron chi connectivity index (χ4n) is 2.18. The van der Waals surface area contributed by atoms with Crippen LogP contribution in [0.4, 0.5) is 0 Å². The Hall–Kier alpha value is -1.33. The van der Waals surface area contributed by atoms with Gasteiger partial charge in [-0.2, -0.15) is 0 Å². The lowest BCUT2D eigenvalue weighted by atomic mass is 10.2. The first-order valence-electron chi connectivity index (χ1n) is 6.97. The Morgan fingerprint density at radius 2 is 2.05 bits per heavy atom. The molecule has 0 aliphatic heterocycles. The fourth-order valence-corrected chi connectivity index (χ4v) is 3.03. The standard InChI is InChI=1S/C15H19N3OS/c1-19-9-10-20-15-17-16-14(13-7-8-13)18(15)11-12-5-3-2-4-6-12/h2-6,13H,7-11H2,1H3. The third kappa shape index (κ3) is 3.22. The predicted molar refractivity (Wildman–Crippen MR) is 80.1 cm³/mol. The highest BCUT2D eigenvalue weighted by atomic mass is 32.2. The molecular weight excluding hydrogens is 270 g/mol. The Balaban J connectivity index is 1.80. The number of aromatic nitrogens is 3. The average Bonchev–Trinajstić information content (AvgIpc) is 3.25. The number of methoxy groups -OCH3 is 1. The van der Waals surface area contributed by atoms with Gasteiger partial charge in [0.2, 0.25) is 0 Å². The molecule has 0 radical (unpaired) electrons. The molecule has 0 saturated heterocycles. The second kappa shape index (κ2) is 6.41. The van der Waals surface area contributed by atoms with Gasteiger partial charge >= 0.3 is 0 Å². The minimum Gasteiger partial charge on any atom is -0.384 e. The summed E-state index contributed by atoms with van der Waals surface area (Å²) in [5.74, 6) is 2.67. The SMILES string of the molecule is COCCSc1nnc(C2CC2)n1Cc1ccccc1. The highest BCUT2D eigenvalue weighted by molar-refractivity contribution is 7.99. The highest BCUT2D eigenvalue weighted by Gasteiger charge is 2.30. The van der Waals surface area contributed by atoms with Crippen LogP contribution in [0.2, 0.25) is 0 Å². The van der Waals surface area contributed by atoms with Crippen molar-refractivity contribution < 1.29 is 4.74 Å². The van der Waals surface area contributed by atoms with Gasteiger partial charge in [0.25, 0.3) is 0 Å². The lowest BCUT2D eigenvalue weighted by Gasteiger charge is -2.09. The van der Waals surface area contributed by atoms with Crippen molar-refractivity contribution in [2.45, 2.75) is 30.5 Å². The summed E-state index contributed by atoms with van der Waals surface area (Å²) in [6.45, 7) is 1.59. The number of nitrogens with zero attached hydrogens (tertiary/aromatic N) is 3. The molecule has 1 heterocycles. The van der Waals surface area contributed by atoms with E-state index in [0.29, 0.717) is 5.92 Å². The Bertz CT molecular complexity index is 552. The van der Waals surface area contributed by atoms with E-state index in [-0.39, 0.29) is 0 Å². The fraction of sp³-hybridized carbons (Fsp3) is 0.467. The van der Waals surface area contributed by atoms with E-state index in [1.807, 2.05) is 6.07 Å². The van der Waals surface area contributed by atoms with Crippen LogP contribution in [0, 0.1) is 0 Å². The molecule has 1 fully saturated rings. The third-order valence-corrected chi connectivity index (χ3v) is 4.32. The van der Waals surface area contributed by atoms with Crippen LogP contribution in [-0.2, 0) is 11.3 Å². The normalized spacial score (nSPS) is 14.7. The van der Waals surface area contributed by atoms with Gasteiger partial charge in [0.1, 0.15) is 5.82 Å². The van der Waals surface area contributed by atoms with Crippen LogP contribution in [-0.4, -0.2) is 34.2 Å². The van der Waals surface area contributed by atoms with E-state index in [9.17, 15) is 0 Å². The quantitative estimate of drug-likeness (QED) is 0.580. The summed E-state index contributed by atoms with van der Waals surface area (Å²) in [5, 5.41) is 9.78. The largest absolute Gasteiger partial charge is 0.384 e. The summed E-state index contributed by atoms with van der Waals surface area (Å²) < 4.78 is 7.38. The van der Waals surface area contributed by atoms with Crippen molar-refractivity contribution in [1.29, 1.82) is 0 Å². The first-order valence-corrected chi connectivity index (χ1v) is 7.96. The van der Waals surface area contributed by atoms with Gasteiger partial charge in [0, 0.05) is 18.8 Å². The van der Waals surface area contributed by atoms with Gasteiger partial charge in [-0.3, -0.25) is 0 Å². The number of benzene rings is 1. The van der Waals surface area contributed by atoms with Crippen molar-refractivity contribution in [3.8, 4) is 0 Å². The highest BCUT2D eigenvalue weighted by Crippen LogP contribution is 2.40. The zero-order chi connectivity index (χ0) is 13.8. The van der Waals surface area contributed by atoms with Crippen LogP contribution in [0.3, 0.4) is 0 Å². The van der Waals surface area contributed by atoms with E-state index in [1.165, 1.54) is 18.4 Å². The number of hydrogen-bond acceptors (Lipinski definition) is 4. The Morgan fingerprint density at radius 3 is 2.75 bits per heavy atom. The zero-order valence-electron chi connectivity index (χ0n) is 11.7. The summed E-state index contributed by atoms with van der Waals surface area (Å²) in [4.78, 5) is 0. The smallest absolute Gasteiger partial charge is 0.191 e. The number of rotatable bonds is 7. The monoisotopic (exact) mass is 289 g/mol. The van der Waals surface area contributed by atoms with E-state index < -0.39 is 0 Å². The second-order valence-corrected chi connectivity index (χ2v) is 6.09. The van der Waals surface area contributed by atoms with Crippen LogP contribution < -0.4 is 0 Å². The van der Waals surface area contributed by atoms with Gasteiger partial charge in [0.15, 0.2) is 5.16 Å². The van der Waals surface area contributed by atoms with Crippen molar-refractivity contribution in [2.75, 3.05) is 19.5 Å². The van der Waals surface area contributed by atoms with E-state index in [1.54, 1.807) is 18.9 Å². The van der Waals surface area contributed by atoms with E-state index >= 15 is 0 Å². The Labute approximate surface area is 123 Å². The van der Waals surface area contributed by atoms with Crippen molar-refractivity contribution in [3.63, 3.8) is 0 Å². The molecule has 1 aromatic carbocycles. The van der Waals surface area contributed by atoms with E-state index in [2.05, 4.69) is 39.0 Å². The van der Waals surface area contributed by atoms with Gasteiger partial charge in [-0.15, -0.1) is 10.2 Å². The molecule has 0 unspecified atom stereocenters. The van der Waals surface area contributed by atoms with Gasteiger partial charge < -0.3 is 9.30 Å². The maximum Gasteiger partial charge on any atom is 0.191 e. The van der Waals surface area contributed by atoms with Crippen LogP contribution >= 0.6 is 11.8 Å². The number of ether oxygens (including phenoxy) is 1. The van der Waals surface area contributed by atoms with Crippen LogP contribution in [0.5, 0.6) is 0 Å². The first kappa shape index (κ1) is 13.6. The summed E-state index contributed by atoms with van der Waals surface area (Å²) in [5.41, 5.74) is 1.29. The molecule has 2 aromatic rings. The lowest BCUT2D eigenvalue weighted by Crippen LogP contribution is -2.06. The molecular formula is C15H19N3OS. The maximum absolute atomic E-state index is 5.11. The van der Waals surface area contributed by atoms with Crippen LogP contribution in [0.25, 0.3) is 0 Å². The van der Waals surface area contributed by atoms with Crippen molar-refractivity contribution in [1.82, 2.24) is 14.8 Å². The number of hydrogen-bond donors (Lipinski definition) is 0. The molecule has 3 rings (SSSR count). The van der Waals surface area contributed by atoms with E-state index in [4.69, 9.17) is 4.74 Å². The minimum absolute atomic E-state index is 0.614. The molecule has 1 aliphatic rings. The summed E-state index contributed by atoms with van der Waals surface area (Å²) in [6.07, 6.45) is 2.49. The molecule has 5 heteroatoms. The van der Waals surface area contributed by atoms with Crippen LogP contribution in [0.1, 0.15) is 30.1 Å². The minimum atomic E-state index is 0.614. The molecule has 1 saturated carbocycles. The average molecular weight is 289 g/mol. The van der Waals surface area contributed by atoms with Crippen molar-refractivity contribution in [3.05, 3.63) is 41.7 Å². The molecule has 0 spiro atoms. The van der Waals surface area contributed by atoms with Crippen LogP contribution in [0.15, 0.2) is 35.5 Å². The van der Waals surface area contributed by atoms with Gasteiger partial charge in [-0.25, -0.2) is 0 Å². The van der Waals surface area contributed by atoms with Gasteiger partial charge in [-0.1, -0.05) is 42.1 Å². The predicted octanol–water partition coefficient (Wildman–Crippen LogP) is 2.94. The topological polar surface area (TPSA) is 39.9 Å². The van der Waals surface area contributed by atoms with Gasteiger partial charge in [0.05, 0.1) is 13.2 Å². The zero-order valence-corrected chi connectivity index (χ0v) is 12.5. The maximum atomic E-state index is 5.11. The molecule has 1 aromatic heterocycles. The molecule has 20 heavy (non-hydrogen) atoms. The molecule has 0 atom stereocenters. The summed E-state index contributed by atoms with van der Waals surface area (Å²) in [7, 11) is 1.73. The van der Waals surface area contributed by atoms with Gasteiger partial charge in [-0.05, 0) is 18.4 Å². The van der Waals surface area contributed by atoms with Crippen molar-refractivity contribution in [2.24, 2.45) is 0 Å². The van der Waals surface area contributed by atoms with Crippen molar-refractivity contribution >= 4 is 11.8 Å². The third-order valence-electron chi connectivity index (χ3n) is 3.39. The second-order valence-electron chi connectivity index (χ2n) is 5.03. The number of thioether (sulfide) groups is 1. The molecule has 4 nitrogen and oxygen atoms in total. The molecule has 1 aliphatic carbocycles.